The first-order valence-electron chi connectivity index (χ1n) is 6.76. The van der Waals surface area contributed by atoms with Crippen molar-refractivity contribution in [1.82, 2.24) is 19.7 Å². The highest BCUT2D eigenvalue weighted by atomic mass is 16.4. The summed E-state index contributed by atoms with van der Waals surface area (Å²) in [5, 5.41) is 11.1. The molecule has 2 aromatic heterocycles. The zero-order valence-electron chi connectivity index (χ0n) is 12.2. The Morgan fingerprint density at radius 3 is 2.86 bits per heavy atom. The van der Waals surface area contributed by atoms with Crippen LogP contribution >= 0.6 is 0 Å². The first-order chi connectivity index (χ1) is 10.1. The van der Waals surface area contributed by atoms with Gasteiger partial charge in [-0.05, 0) is 31.5 Å². The molecule has 0 radical (unpaired) electrons. The van der Waals surface area contributed by atoms with Crippen LogP contribution in [0.1, 0.15) is 24.4 Å². The maximum atomic E-state index is 5.24. The average molecular weight is 283 g/mol. The highest BCUT2D eigenvalue weighted by Crippen LogP contribution is 2.26. The average Bonchev–Trinajstić information content (AvgIpc) is 3.12. The number of hydrogen-bond donors (Lipinski definition) is 1. The van der Waals surface area contributed by atoms with Crippen molar-refractivity contribution in [3.63, 3.8) is 0 Å². The minimum absolute atomic E-state index is 0.0987. The van der Waals surface area contributed by atoms with Crippen molar-refractivity contribution in [2.24, 2.45) is 7.05 Å². The lowest BCUT2D eigenvalue weighted by molar-refractivity contribution is 0.568. The monoisotopic (exact) mass is 283 g/mol. The Morgan fingerprint density at radius 1 is 1.33 bits per heavy atom. The molecule has 0 amide bonds. The number of nitrogens with zero attached hydrogens (tertiary/aromatic N) is 4. The quantitative estimate of drug-likeness (QED) is 0.797. The molecule has 0 aliphatic carbocycles. The molecule has 6 heteroatoms. The molecule has 2 heterocycles. The molecule has 0 fully saturated rings. The van der Waals surface area contributed by atoms with Gasteiger partial charge in [-0.3, -0.25) is 0 Å². The van der Waals surface area contributed by atoms with E-state index >= 15 is 0 Å². The SMILES string of the molecule is Cc1ccc(-c2nnco2)cc1NC(C)c1nccn1C. The fourth-order valence-corrected chi connectivity index (χ4v) is 2.30. The summed E-state index contributed by atoms with van der Waals surface area (Å²) < 4.78 is 7.25. The molecule has 1 unspecified atom stereocenters. The highest BCUT2D eigenvalue weighted by Gasteiger charge is 2.13. The van der Waals surface area contributed by atoms with Crippen LogP contribution in [0.5, 0.6) is 0 Å². The Bertz CT molecular complexity index is 732. The summed E-state index contributed by atoms with van der Waals surface area (Å²) in [6.45, 7) is 4.15. The van der Waals surface area contributed by atoms with E-state index in [0.29, 0.717) is 5.89 Å². The van der Waals surface area contributed by atoms with Crippen LogP contribution in [0.25, 0.3) is 11.5 Å². The molecule has 1 atom stereocenters. The second kappa shape index (κ2) is 5.40. The zero-order valence-corrected chi connectivity index (χ0v) is 12.2. The fourth-order valence-electron chi connectivity index (χ4n) is 2.30. The summed E-state index contributed by atoms with van der Waals surface area (Å²) in [5.74, 6) is 1.50. The van der Waals surface area contributed by atoms with Crippen molar-refractivity contribution in [3.05, 3.63) is 48.4 Å². The third-order valence-electron chi connectivity index (χ3n) is 3.46. The lowest BCUT2D eigenvalue weighted by atomic mass is 10.1. The Kier molecular flexibility index (Phi) is 3.43. The molecule has 0 aliphatic rings. The van der Waals surface area contributed by atoms with Crippen LogP contribution < -0.4 is 5.32 Å². The molecule has 108 valence electrons. The lowest BCUT2D eigenvalue weighted by Crippen LogP contribution is -2.12. The topological polar surface area (TPSA) is 68.8 Å². The van der Waals surface area contributed by atoms with Crippen molar-refractivity contribution >= 4 is 5.69 Å². The molecule has 21 heavy (non-hydrogen) atoms. The lowest BCUT2D eigenvalue weighted by Gasteiger charge is -2.17. The van der Waals surface area contributed by atoms with Gasteiger partial charge in [0.15, 0.2) is 0 Å². The number of nitrogens with one attached hydrogen (secondary N) is 1. The molecule has 6 nitrogen and oxygen atoms in total. The minimum Gasteiger partial charge on any atom is -0.423 e. The Morgan fingerprint density at radius 2 is 2.19 bits per heavy atom. The third kappa shape index (κ3) is 2.65. The Labute approximate surface area is 122 Å². The van der Waals surface area contributed by atoms with Crippen molar-refractivity contribution in [2.75, 3.05) is 5.32 Å². The van der Waals surface area contributed by atoms with E-state index in [-0.39, 0.29) is 6.04 Å². The molecule has 0 saturated heterocycles. The summed E-state index contributed by atoms with van der Waals surface area (Å²) in [7, 11) is 1.99. The predicted octanol–water partition coefficient (Wildman–Crippen LogP) is 2.95. The smallest absolute Gasteiger partial charge is 0.247 e. The first kappa shape index (κ1) is 13.4. The van der Waals surface area contributed by atoms with Gasteiger partial charge in [0.05, 0.1) is 6.04 Å². The number of aryl methyl sites for hydroxylation is 2. The molecule has 0 saturated carbocycles. The van der Waals surface area contributed by atoms with E-state index in [4.69, 9.17) is 4.42 Å². The van der Waals surface area contributed by atoms with Gasteiger partial charge >= 0.3 is 0 Å². The van der Waals surface area contributed by atoms with E-state index in [2.05, 4.69) is 34.3 Å². The largest absolute Gasteiger partial charge is 0.423 e. The predicted molar refractivity (Wildman–Crippen MR) is 79.7 cm³/mol. The summed E-state index contributed by atoms with van der Waals surface area (Å²) in [6, 6.07) is 6.12. The number of benzene rings is 1. The number of aromatic nitrogens is 4. The van der Waals surface area contributed by atoms with Crippen LogP contribution in [-0.4, -0.2) is 19.7 Å². The van der Waals surface area contributed by atoms with Gasteiger partial charge in [0, 0.05) is 30.7 Å². The van der Waals surface area contributed by atoms with Gasteiger partial charge in [-0.1, -0.05) is 6.07 Å². The number of anilines is 1. The number of rotatable bonds is 4. The normalized spacial score (nSPS) is 12.3. The van der Waals surface area contributed by atoms with E-state index in [1.807, 2.05) is 36.0 Å². The van der Waals surface area contributed by atoms with E-state index in [0.717, 1.165) is 22.6 Å². The molecule has 1 N–H and O–H groups in total. The second-order valence-electron chi connectivity index (χ2n) is 5.04. The molecule has 0 bridgehead atoms. The van der Waals surface area contributed by atoms with Gasteiger partial charge in [0.25, 0.3) is 0 Å². The van der Waals surface area contributed by atoms with Crippen molar-refractivity contribution in [3.8, 4) is 11.5 Å². The van der Waals surface area contributed by atoms with E-state index in [1.165, 1.54) is 6.39 Å². The van der Waals surface area contributed by atoms with Crippen molar-refractivity contribution in [2.45, 2.75) is 19.9 Å². The van der Waals surface area contributed by atoms with Gasteiger partial charge in [-0.2, -0.15) is 0 Å². The van der Waals surface area contributed by atoms with Gasteiger partial charge in [0.1, 0.15) is 5.82 Å². The van der Waals surface area contributed by atoms with Crippen LogP contribution in [0.3, 0.4) is 0 Å². The fraction of sp³-hybridized carbons (Fsp3) is 0.267. The molecule has 0 aliphatic heterocycles. The third-order valence-corrected chi connectivity index (χ3v) is 3.46. The highest BCUT2D eigenvalue weighted by molar-refractivity contribution is 5.64. The summed E-state index contributed by atoms with van der Waals surface area (Å²) in [6.07, 6.45) is 5.07. The standard InChI is InChI=1S/C15H17N5O/c1-10-4-5-12(15-19-17-9-21-15)8-13(10)18-11(2)14-16-6-7-20(14)3/h4-9,11,18H,1-3H3. The van der Waals surface area contributed by atoms with Crippen LogP contribution in [0.15, 0.2) is 41.4 Å². The minimum atomic E-state index is 0.0987. The molecule has 1 aromatic carbocycles. The van der Waals surface area contributed by atoms with Crippen LogP contribution in [0, 0.1) is 6.92 Å². The Hall–Kier alpha value is -2.63. The maximum Gasteiger partial charge on any atom is 0.247 e. The summed E-state index contributed by atoms with van der Waals surface area (Å²) >= 11 is 0. The second-order valence-corrected chi connectivity index (χ2v) is 5.04. The van der Waals surface area contributed by atoms with E-state index < -0.39 is 0 Å². The first-order valence-corrected chi connectivity index (χ1v) is 6.76. The van der Waals surface area contributed by atoms with Gasteiger partial charge in [-0.25, -0.2) is 4.98 Å². The van der Waals surface area contributed by atoms with Gasteiger partial charge in [0.2, 0.25) is 12.3 Å². The molecule has 0 spiro atoms. The van der Waals surface area contributed by atoms with Gasteiger partial charge in [-0.15, -0.1) is 10.2 Å². The number of imidazole rings is 1. The molecule has 3 rings (SSSR count). The molecule has 3 aromatic rings. The maximum absolute atomic E-state index is 5.24. The Balaban J connectivity index is 1.88. The van der Waals surface area contributed by atoms with E-state index in [1.54, 1.807) is 6.20 Å². The summed E-state index contributed by atoms with van der Waals surface area (Å²) in [5.41, 5.74) is 3.08. The zero-order chi connectivity index (χ0) is 14.8. The van der Waals surface area contributed by atoms with Crippen LogP contribution in [-0.2, 0) is 7.05 Å². The molecular formula is C15H17N5O. The van der Waals surface area contributed by atoms with Crippen LogP contribution in [0.2, 0.25) is 0 Å². The van der Waals surface area contributed by atoms with Crippen molar-refractivity contribution < 1.29 is 4.42 Å². The van der Waals surface area contributed by atoms with E-state index in [9.17, 15) is 0 Å². The number of hydrogen-bond acceptors (Lipinski definition) is 5. The summed E-state index contributed by atoms with van der Waals surface area (Å²) in [4.78, 5) is 4.37. The molecular weight excluding hydrogens is 266 g/mol. The van der Waals surface area contributed by atoms with Gasteiger partial charge < -0.3 is 14.3 Å². The van der Waals surface area contributed by atoms with Crippen molar-refractivity contribution in [1.29, 1.82) is 0 Å². The van der Waals surface area contributed by atoms with Crippen LogP contribution in [0.4, 0.5) is 5.69 Å².